The summed E-state index contributed by atoms with van der Waals surface area (Å²) in [5.41, 5.74) is 6.98. The highest BCUT2D eigenvalue weighted by Gasteiger charge is 2.27. The maximum atomic E-state index is 13.4. The summed E-state index contributed by atoms with van der Waals surface area (Å²) in [6, 6.07) is 5.97. The van der Waals surface area contributed by atoms with Crippen LogP contribution in [0.15, 0.2) is 24.3 Å². The first-order valence-electron chi connectivity index (χ1n) is 7.61. The minimum absolute atomic E-state index is 0.116. The quantitative estimate of drug-likeness (QED) is 0.921. The zero-order valence-electron chi connectivity index (χ0n) is 12.9. The Labute approximate surface area is 133 Å². The van der Waals surface area contributed by atoms with E-state index >= 15 is 0 Å². The number of hydrogen-bond donors (Lipinski definition) is 1. The molecule has 2 N–H and O–H groups in total. The Morgan fingerprint density at radius 3 is 2.61 bits per heavy atom. The van der Waals surface area contributed by atoms with Gasteiger partial charge in [0.05, 0.1) is 11.1 Å². The van der Waals surface area contributed by atoms with Crippen molar-refractivity contribution in [1.82, 2.24) is 9.88 Å². The molecule has 1 fully saturated rings. The number of halogens is 1. The van der Waals surface area contributed by atoms with Crippen molar-refractivity contribution in [2.24, 2.45) is 11.7 Å². The summed E-state index contributed by atoms with van der Waals surface area (Å²) in [6.45, 7) is 2.77. The van der Waals surface area contributed by atoms with E-state index in [2.05, 4.69) is 4.98 Å². The SMILES string of the molecule is Cc1cc(C(=O)N2CCC(C(N)=O)CC2)c2ccc(F)cc2n1. The third-order valence-electron chi connectivity index (χ3n) is 4.31. The summed E-state index contributed by atoms with van der Waals surface area (Å²) in [7, 11) is 0. The number of carbonyl (C=O) groups excluding carboxylic acids is 2. The largest absolute Gasteiger partial charge is 0.369 e. The first-order valence-corrected chi connectivity index (χ1v) is 7.61. The molecule has 1 saturated heterocycles. The van der Waals surface area contributed by atoms with Crippen molar-refractivity contribution in [2.45, 2.75) is 19.8 Å². The lowest BCUT2D eigenvalue weighted by Gasteiger charge is -2.31. The first-order chi connectivity index (χ1) is 11.0. The molecule has 0 unspecified atom stereocenters. The lowest BCUT2D eigenvalue weighted by atomic mass is 9.95. The Kier molecular flexibility index (Phi) is 3.98. The fourth-order valence-electron chi connectivity index (χ4n) is 3.05. The molecule has 0 atom stereocenters. The highest BCUT2D eigenvalue weighted by atomic mass is 19.1. The van der Waals surface area contributed by atoms with Gasteiger partial charge in [0.15, 0.2) is 0 Å². The van der Waals surface area contributed by atoms with Crippen molar-refractivity contribution in [3.8, 4) is 0 Å². The van der Waals surface area contributed by atoms with Gasteiger partial charge in [-0.05, 0) is 38.0 Å². The fourth-order valence-corrected chi connectivity index (χ4v) is 3.05. The molecule has 0 saturated carbocycles. The molecule has 0 bridgehead atoms. The van der Waals surface area contributed by atoms with Gasteiger partial charge in [0.25, 0.3) is 5.91 Å². The van der Waals surface area contributed by atoms with Crippen LogP contribution < -0.4 is 5.73 Å². The Bertz CT molecular complexity index is 777. The summed E-state index contributed by atoms with van der Waals surface area (Å²) in [5.74, 6) is -0.965. The van der Waals surface area contributed by atoms with Gasteiger partial charge in [-0.2, -0.15) is 0 Å². The van der Waals surface area contributed by atoms with E-state index in [-0.39, 0.29) is 23.5 Å². The van der Waals surface area contributed by atoms with Gasteiger partial charge in [0.1, 0.15) is 5.82 Å². The number of hydrogen-bond acceptors (Lipinski definition) is 3. The maximum Gasteiger partial charge on any atom is 0.254 e. The number of carbonyl (C=O) groups is 2. The first kappa shape index (κ1) is 15.4. The maximum absolute atomic E-state index is 13.4. The molecule has 6 heteroatoms. The number of benzene rings is 1. The number of pyridine rings is 1. The molecule has 1 aromatic heterocycles. The van der Waals surface area contributed by atoms with E-state index in [4.69, 9.17) is 5.73 Å². The van der Waals surface area contributed by atoms with Gasteiger partial charge in [0.2, 0.25) is 5.91 Å². The molecular formula is C17H18FN3O2. The topological polar surface area (TPSA) is 76.3 Å². The summed E-state index contributed by atoms with van der Waals surface area (Å²) < 4.78 is 13.4. The second-order valence-corrected chi connectivity index (χ2v) is 5.94. The molecule has 3 rings (SSSR count). The second kappa shape index (κ2) is 5.95. The minimum Gasteiger partial charge on any atom is -0.369 e. The van der Waals surface area contributed by atoms with Crippen molar-refractivity contribution in [3.05, 3.63) is 41.3 Å². The highest BCUT2D eigenvalue weighted by molar-refractivity contribution is 6.06. The fraction of sp³-hybridized carbons (Fsp3) is 0.353. The normalized spacial score (nSPS) is 15.8. The van der Waals surface area contributed by atoms with Crippen LogP contribution in [0.4, 0.5) is 4.39 Å². The number of piperidine rings is 1. The molecule has 120 valence electrons. The molecule has 1 aliphatic rings. The van der Waals surface area contributed by atoms with Gasteiger partial charge in [-0.15, -0.1) is 0 Å². The van der Waals surface area contributed by atoms with E-state index in [9.17, 15) is 14.0 Å². The summed E-state index contributed by atoms with van der Waals surface area (Å²) in [5, 5.41) is 0.638. The number of rotatable bonds is 2. The summed E-state index contributed by atoms with van der Waals surface area (Å²) >= 11 is 0. The molecular weight excluding hydrogens is 297 g/mol. The molecule has 0 radical (unpaired) electrons. The van der Waals surface area contributed by atoms with Gasteiger partial charge in [0, 0.05) is 36.2 Å². The van der Waals surface area contributed by atoms with E-state index < -0.39 is 0 Å². The Morgan fingerprint density at radius 2 is 1.96 bits per heavy atom. The third kappa shape index (κ3) is 3.02. The Hall–Kier alpha value is -2.50. The van der Waals surface area contributed by atoms with Crippen LogP contribution in [0.5, 0.6) is 0 Å². The van der Waals surface area contributed by atoms with Gasteiger partial charge >= 0.3 is 0 Å². The highest BCUT2D eigenvalue weighted by Crippen LogP contribution is 2.24. The monoisotopic (exact) mass is 315 g/mol. The number of aryl methyl sites for hydroxylation is 1. The van der Waals surface area contributed by atoms with Crippen LogP contribution in [0.2, 0.25) is 0 Å². The van der Waals surface area contributed by atoms with E-state index in [1.807, 2.05) is 0 Å². The summed E-state index contributed by atoms with van der Waals surface area (Å²) in [4.78, 5) is 30.1. The molecule has 23 heavy (non-hydrogen) atoms. The molecule has 0 spiro atoms. The number of primary amides is 1. The van der Waals surface area contributed by atoms with Crippen LogP contribution >= 0.6 is 0 Å². The number of aromatic nitrogens is 1. The molecule has 2 aromatic rings. The van der Waals surface area contributed by atoms with E-state index in [0.717, 1.165) is 0 Å². The van der Waals surface area contributed by atoms with Crippen molar-refractivity contribution >= 4 is 22.7 Å². The lowest BCUT2D eigenvalue weighted by molar-refractivity contribution is -0.123. The Balaban J connectivity index is 1.91. The zero-order valence-corrected chi connectivity index (χ0v) is 12.9. The van der Waals surface area contributed by atoms with E-state index in [1.165, 1.54) is 12.1 Å². The van der Waals surface area contributed by atoms with Crippen molar-refractivity contribution < 1.29 is 14.0 Å². The van der Waals surface area contributed by atoms with Crippen LogP contribution in [-0.4, -0.2) is 34.8 Å². The summed E-state index contributed by atoms with van der Waals surface area (Å²) in [6.07, 6.45) is 1.16. The number of amides is 2. The number of nitrogens with zero attached hydrogens (tertiary/aromatic N) is 2. The Morgan fingerprint density at radius 1 is 1.26 bits per heavy atom. The van der Waals surface area contributed by atoms with Gasteiger partial charge in [-0.1, -0.05) is 0 Å². The lowest BCUT2D eigenvalue weighted by Crippen LogP contribution is -2.41. The van der Waals surface area contributed by atoms with Crippen molar-refractivity contribution in [3.63, 3.8) is 0 Å². The van der Waals surface area contributed by atoms with Gasteiger partial charge in [-0.25, -0.2) is 4.39 Å². The number of nitrogens with two attached hydrogens (primary N) is 1. The average Bonchev–Trinajstić information content (AvgIpc) is 2.53. The van der Waals surface area contributed by atoms with Crippen LogP contribution in [-0.2, 0) is 4.79 Å². The van der Waals surface area contributed by atoms with Gasteiger partial charge in [-0.3, -0.25) is 14.6 Å². The van der Waals surface area contributed by atoms with Gasteiger partial charge < -0.3 is 10.6 Å². The van der Waals surface area contributed by atoms with E-state index in [0.29, 0.717) is 48.1 Å². The van der Waals surface area contributed by atoms with Crippen molar-refractivity contribution in [2.75, 3.05) is 13.1 Å². The number of likely N-dealkylation sites (tertiary alicyclic amines) is 1. The molecule has 2 amide bonds. The van der Waals surface area contributed by atoms with Crippen LogP contribution in [0.1, 0.15) is 28.9 Å². The molecule has 2 heterocycles. The van der Waals surface area contributed by atoms with Crippen LogP contribution in [0.3, 0.4) is 0 Å². The van der Waals surface area contributed by atoms with E-state index in [1.54, 1.807) is 24.0 Å². The molecule has 5 nitrogen and oxygen atoms in total. The van der Waals surface area contributed by atoms with Crippen molar-refractivity contribution in [1.29, 1.82) is 0 Å². The molecule has 1 aliphatic heterocycles. The second-order valence-electron chi connectivity index (χ2n) is 5.94. The predicted molar refractivity (Wildman–Crippen MR) is 84.3 cm³/mol. The standard InChI is InChI=1S/C17H18FN3O2/c1-10-8-14(13-3-2-12(18)9-15(13)20-10)17(23)21-6-4-11(5-7-21)16(19)22/h2-3,8-9,11H,4-7H2,1H3,(H2,19,22). The minimum atomic E-state index is -0.378. The zero-order chi connectivity index (χ0) is 16.6. The predicted octanol–water partition coefficient (Wildman–Crippen LogP) is 2.02. The van der Waals surface area contributed by atoms with Crippen LogP contribution in [0.25, 0.3) is 10.9 Å². The average molecular weight is 315 g/mol. The van der Waals surface area contributed by atoms with Crippen LogP contribution in [0, 0.1) is 18.7 Å². The number of fused-ring (bicyclic) bond motifs is 1. The third-order valence-corrected chi connectivity index (χ3v) is 4.31. The smallest absolute Gasteiger partial charge is 0.254 e. The molecule has 0 aliphatic carbocycles. The molecule has 1 aromatic carbocycles.